The summed E-state index contributed by atoms with van der Waals surface area (Å²) in [5, 5.41) is 4.66. The van der Waals surface area contributed by atoms with Crippen molar-refractivity contribution in [1.29, 1.82) is 0 Å². The zero-order valence-electron chi connectivity index (χ0n) is 16.5. The standard InChI is InChI=1S/C22H19N3O5S/c1-15-7-5-6-10-19(15)21(27)24-22(28)23-17-11-13-18(14-12-17)31(29,30)25-20(26)16-8-3-2-4-9-16/h2-14H,1H3,(H,25,26)(H2,23,24,27,28). The summed E-state index contributed by atoms with van der Waals surface area (Å²) in [6, 6.07) is 19.2. The average Bonchev–Trinajstić information content (AvgIpc) is 2.74. The highest BCUT2D eigenvalue weighted by Crippen LogP contribution is 2.15. The number of anilines is 1. The first kappa shape index (κ1) is 21.7. The molecule has 158 valence electrons. The van der Waals surface area contributed by atoms with Gasteiger partial charge in [-0.25, -0.2) is 17.9 Å². The third kappa shape index (κ3) is 5.55. The molecular formula is C22H19N3O5S. The lowest BCUT2D eigenvalue weighted by atomic mass is 10.1. The van der Waals surface area contributed by atoms with Crippen molar-refractivity contribution in [2.75, 3.05) is 5.32 Å². The van der Waals surface area contributed by atoms with E-state index in [0.717, 1.165) is 5.56 Å². The number of hydrogen-bond acceptors (Lipinski definition) is 5. The largest absolute Gasteiger partial charge is 0.326 e. The molecule has 0 aromatic heterocycles. The minimum Gasteiger partial charge on any atom is -0.308 e. The van der Waals surface area contributed by atoms with Gasteiger partial charge in [-0.3, -0.25) is 14.9 Å². The molecule has 0 aliphatic heterocycles. The number of hydrogen-bond donors (Lipinski definition) is 3. The molecule has 0 fully saturated rings. The van der Waals surface area contributed by atoms with Crippen molar-refractivity contribution in [3.63, 3.8) is 0 Å². The molecule has 0 heterocycles. The van der Waals surface area contributed by atoms with Crippen LogP contribution < -0.4 is 15.4 Å². The van der Waals surface area contributed by atoms with Crippen molar-refractivity contribution < 1.29 is 22.8 Å². The molecule has 8 nitrogen and oxygen atoms in total. The molecule has 0 saturated heterocycles. The highest BCUT2D eigenvalue weighted by atomic mass is 32.2. The van der Waals surface area contributed by atoms with Crippen LogP contribution in [0, 0.1) is 6.92 Å². The molecule has 0 spiro atoms. The van der Waals surface area contributed by atoms with E-state index in [1.165, 1.54) is 36.4 Å². The summed E-state index contributed by atoms with van der Waals surface area (Å²) in [6.45, 7) is 1.75. The van der Waals surface area contributed by atoms with Gasteiger partial charge in [-0.05, 0) is 55.0 Å². The molecular weight excluding hydrogens is 418 g/mol. The molecule has 0 unspecified atom stereocenters. The van der Waals surface area contributed by atoms with Crippen molar-refractivity contribution in [3.8, 4) is 0 Å². The SMILES string of the molecule is Cc1ccccc1C(=O)NC(=O)Nc1ccc(S(=O)(=O)NC(=O)c2ccccc2)cc1. The van der Waals surface area contributed by atoms with Crippen LogP contribution in [0.25, 0.3) is 0 Å². The summed E-state index contributed by atoms with van der Waals surface area (Å²) in [6.07, 6.45) is 0. The zero-order valence-corrected chi connectivity index (χ0v) is 17.3. The Morgan fingerprint density at radius 1 is 0.742 bits per heavy atom. The van der Waals surface area contributed by atoms with E-state index in [0.29, 0.717) is 5.56 Å². The Kier molecular flexibility index (Phi) is 6.46. The molecule has 4 amide bonds. The second-order valence-corrected chi connectivity index (χ2v) is 8.23. The Hall–Kier alpha value is -3.98. The van der Waals surface area contributed by atoms with Crippen LogP contribution in [0.3, 0.4) is 0 Å². The molecule has 0 bridgehead atoms. The number of imide groups is 1. The van der Waals surface area contributed by atoms with Gasteiger partial charge in [0.25, 0.3) is 21.8 Å². The number of aryl methyl sites for hydroxylation is 1. The van der Waals surface area contributed by atoms with E-state index in [4.69, 9.17) is 0 Å². The lowest BCUT2D eigenvalue weighted by Gasteiger charge is -2.10. The van der Waals surface area contributed by atoms with Crippen molar-refractivity contribution in [2.45, 2.75) is 11.8 Å². The maximum atomic E-state index is 12.4. The highest BCUT2D eigenvalue weighted by molar-refractivity contribution is 7.90. The first-order valence-corrected chi connectivity index (χ1v) is 10.6. The van der Waals surface area contributed by atoms with Crippen molar-refractivity contribution in [2.24, 2.45) is 0 Å². The third-order valence-corrected chi connectivity index (χ3v) is 5.65. The van der Waals surface area contributed by atoms with Gasteiger partial charge in [0.2, 0.25) is 0 Å². The van der Waals surface area contributed by atoms with Crippen LogP contribution in [-0.2, 0) is 10.0 Å². The van der Waals surface area contributed by atoms with E-state index in [-0.39, 0.29) is 16.1 Å². The van der Waals surface area contributed by atoms with Gasteiger partial charge in [0, 0.05) is 16.8 Å². The van der Waals surface area contributed by atoms with Gasteiger partial charge in [0.05, 0.1) is 4.90 Å². The number of nitrogens with one attached hydrogen (secondary N) is 3. The van der Waals surface area contributed by atoms with E-state index in [9.17, 15) is 22.8 Å². The van der Waals surface area contributed by atoms with Crippen LogP contribution >= 0.6 is 0 Å². The molecule has 31 heavy (non-hydrogen) atoms. The van der Waals surface area contributed by atoms with E-state index in [2.05, 4.69) is 10.6 Å². The Labute approximate surface area is 179 Å². The van der Waals surface area contributed by atoms with E-state index < -0.39 is 27.9 Å². The van der Waals surface area contributed by atoms with Crippen LogP contribution in [0.4, 0.5) is 10.5 Å². The van der Waals surface area contributed by atoms with E-state index >= 15 is 0 Å². The smallest absolute Gasteiger partial charge is 0.308 e. The van der Waals surface area contributed by atoms with Gasteiger partial charge in [-0.2, -0.15) is 0 Å². The molecule has 3 aromatic carbocycles. The Bertz CT molecular complexity index is 1220. The average molecular weight is 437 g/mol. The van der Waals surface area contributed by atoms with E-state index in [1.807, 2.05) is 4.72 Å². The van der Waals surface area contributed by atoms with Gasteiger partial charge in [0.15, 0.2) is 0 Å². The van der Waals surface area contributed by atoms with Crippen LogP contribution in [0.5, 0.6) is 0 Å². The van der Waals surface area contributed by atoms with Crippen LogP contribution in [0.15, 0.2) is 83.8 Å². The molecule has 0 radical (unpaired) electrons. The summed E-state index contributed by atoms with van der Waals surface area (Å²) >= 11 is 0. The minimum absolute atomic E-state index is 0.154. The van der Waals surface area contributed by atoms with Gasteiger partial charge < -0.3 is 5.32 Å². The molecule has 0 aliphatic carbocycles. The zero-order chi connectivity index (χ0) is 22.4. The maximum absolute atomic E-state index is 12.4. The fraction of sp³-hybridized carbons (Fsp3) is 0.0455. The van der Waals surface area contributed by atoms with Crippen LogP contribution in [-0.4, -0.2) is 26.3 Å². The van der Waals surface area contributed by atoms with Gasteiger partial charge in [-0.1, -0.05) is 36.4 Å². The normalized spacial score (nSPS) is 10.7. The summed E-state index contributed by atoms with van der Waals surface area (Å²) in [7, 11) is -4.09. The quantitative estimate of drug-likeness (QED) is 0.566. The fourth-order valence-electron chi connectivity index (χ4n) is 2.71. The predicted octanol–water partition coefficient (Wildman–Crippen LogP) is 3.08. The van der Waals surface area contributed by atoms with Gasteiger partial charge >= 0.3 is 6.03 Å². The minimum atomic E-state index is -4.09. The molecule has 0 aliphatic rings. The number of benzene rings is 3. The number of sulfonamides is 1. The number of rotatable bonds is 5. The van der Waals surface area contributed by atoms with Crippen LogP contribution in [0.1, 0.15) is 26.3 Å². The molecule has 9 heteroatoms. The lowest BCUT2D eigenvalue weighted by Crippen LogP contribution is -2.34. The molecule has 3 rings (SSSR count). The maximum Gasteiger partial charge on any atom is 0.326 e. The second-order valence-electron chi connectivity index (χ2n) is 6.55. The summed E-state index contributed by atoms with van der Waals surface area (Å²) in [5.74, 6) is -1.31. The summed E-state index contributed by atoms with van der Waals surface area (Å²) in [5.41, 5.74) is 1.57. The topological polar surface area (TPSA) is 121 Å². The number of urea groups is 1. The number of carbonyl (C=O) groups excluding carboxylic acids is 3. The van der Waals surface area contributed by atoms with Gasteiger partial charge in [-0.15, -0.1) is 0 Å². The second kappa shape index (κ2) is 9.23. The fourth-order valence-corrected chi connectivity index (χ4v) is 3.68. The number of amides is 4. The third-order valence-electron chi connectivity index (χ3n) is 4.30. The molecule has 0 atom stereocenters. The Balaban J connectivity index is 1.63. The van der Waals surface area contributed by atoms with Crippen molar-refractivity contribution >= 4 is 33.6 Å². The summed E-state index contributed by atoms with van der Waals surface area (Å²) < 4.78 is 26.8. The van der Waals surface area contributed by atoms with Crippen LogP contribution in [0.2, 0.25) is 0 Å². The molecule has 3 aromatic rings. The van der Waals surface area contributed by atoms with Gasteiger partial charge in [0.1, 0.15) is 0 Å². The Morgan fingerprint density at radius 2 is 1.35 bits per heavy atom. The Morgan fingerprint density at radius 3 is 2.00 bits per heavy atom. The van der Waals surface area contributed by atoms with E-state index in [1.54, 1.807) is 49.4 Å². The first-order chi connectivity index (χ1) is 14.8. The van der Waals surface area contributed by atoms with Crippen molar-refractivity contribution in [3.05, 3.63) is 95.6 Å². The first-order valence-electron chi connectivity index (χ1n) is 9.16. The summed E-state index contributed by atoms with van der Waals surface area (Å²) in [4.78, 5) is 36.2. The highest BCUT2D eigenvalue weighted by Gasteiger charge is 2.19. The predicted molar refractivity (Wildman–Crippen MR) is 115 cm³/mol. The monoisotopic (exact) mass is 437 g/mol. The lowest BCUT2D eigenvalue weighted by molar-refractivity contribution is 0.0962. The molecule has 0 saturated carbocycles. The number of carbonyl (C=O) groups is 3. The van der Waals surface area contributed by atoms with Crippen molar-refractivity contribution in [1.82, 2.24) is 10.0 Å². The molecule has 3 N–H and O–H groups in total.